The average Bonchev–Trinajstić information content (AvgIpc) is 2.92. The molecular formula is C18H18N2OS. The Balaban J connectivity index is 2.09. The molecule has 0 radical (unpaired) electrons. The fraction of sp³-hybridized carbons (Fsp3) is 0.278. The second-order valence-corrected chi connectivity index (χ2v) is 6.51. The lowest BCUT2D eigenvalue weighted by molar-refractivity contribution is 0.307. The molecule has 0 atom stereocenters. The van der Waals surface area contributed by atoms with Crippen LogP contribution in [0.1, 0.15) is 28.0 Å². The van der Waals surface area contributed by atoms with Gasteiger partial charge in [0.1, 0.15) is 12.4 Å². The zero-order chi connectivity index (χ0) is 15.5. The standard InChI is InChI=1S/C18H18N2OS/c1-20(2)8-3-4-15-16-10-13(11-19)5-6-17(16)21-12-14-7-9-22-18(14)15/h4-7,9-10H,3,8,12H2,1-2H3/b15-4+. The molecule has 0 aliphatic carbocycles. The largest absolute Gasteiger partial charge is 0.488 e. The van der Waals surface area contributed by atoms with Crippen LogP contribution < -0.4 is 4.74 Å². The summed E-state index contributed by atoms with van der Waals surface area (Å²) in [5, 5.41) is 11.3. The van der Waals surface area contributed by atoms with Crippen molar-refractivity contribution in [2.75, 3.05) is 20.6 Å². The molecule has 4 heteroatoms. The summed E-state index contributed by atoms with van der Waals surface area (Å²) in [5.74, 6) is 0.860. The van der Waals surface area contributed by atoms with E-state index in [1.54, 1.807) is 11.3 Å². The summed E-state index contributed by atoms with van der Waals surface area (Å²) in [6.45, 7) is 1.58. The Bertz CT molecular complexity index is 753. The molecule has 0 unspecified atom stereocenters. The van der Waals surface area contributed by atoms with E-state index in [1.165, 1.54) is 16.0 Å². The molecule has 2 aromatic rings. The van der Waals surface area contributed by atoms with Gasteiger partial charge in [0.25, 0.3) is 0 Å². The van der Waals surface area contributed by atoms with Crippen LogP contribution in [0.2, 0.25) is 0 Å². The molecule has 1 aliphatic rings. The average molecular weight is 310 g/mol. The van der Waals surface area contributed by atoms with Crippen LogP contribution in [-0.2, 0) is 6.61 Å². The van der Waals surface area contributed by atoms with Crippen molar-refractivity contribution in [3.8, 4) is 11.8 Å². The minimum atomic E-state index is 0.586. The Morgan fingerprint density at radius 3 is 3.00 bits per heavy atom. The summed E-state index contributed by atoms with van der Waals surface area (Å²) in [6, 6.07) is 10.0. The Labute approximate surface area is 135 Å². The minimum Gasteiger partial charge on any atom is -0.488 e. The summed E-state index contributed by atoms with van der Waals surface area (Å²) in [7, 11) is 4.15. The van der Waals surface area contributed by atoms with Crippen molar-refractivity contribution in [3.63, 3.8) is 0 Å². The summed E-state index contributed by atoms with van der Waals surface area (Å²) >= 11 is 1.74. The van der Waals surface area contributed by atoms with Crippen molar-refractivity contribution in [2.24, 2.45) is 0 Å². The third-order valence-corrected chi connectivity index (χ3v) is 4.69. The van der Waals surface area contributed by atoms with Crippen LogP contribution in [0.5, 0.6) is 5.75 Å². The molecule has 1 aliphatic heterocycles. The van der Waals surface area contributed by atoms with Crippen LogP contribution >= 0.6 is 11.3 Å². The molecule has 112 valence electrons. The number of thiophene rings is 1. The van der Waals surface area contributed by atoms with Gasteiger partial charge in [-0.05, 0) is 55.7 Å². The number of rotatable bonds is 3. The van der Waals surface area contributed by atoms with E-state index in [2.05, 4.69) is 42.6 Å². The van der Waals surface area contributed by atoms with Gasteiger partial charge in [0.05, 0.1) is 11.6 Å². The van der Waals surface area contributed by atoms with Crippen LogP contribution in [-0.4, -0.2) is 25.5 Å². The fourth-order valence-electron chi connectivity index (χ4n) is 2.57. The molecule has 3 rings (SSSR count). The van der Waals surface area contributed by atoms with Gasteiger partial charge in [0.15, 0.2) is 0 Å². The van der Waals surface area contributed by atoms with E-state index in [1.807, 2.05) is 18.2 Å². The maximum Gasteiger partial charge on any atom is 0.127 e. The zero-order valence-corrected chi connectivity index (χ0v) is 13.6. The number of nitriles is 1. The third-order valence-electron chi connectivity index (χ3n) is 3.70. The number of hydrogen-bond donors (Lipinski definition) is 0. The van der Waals surface area contributed by atoms with Crippen LogP contribution in [0, 0.1) is 11.3 Å². The second-order valence-electron chi connectivity index (χ2n) is 5.60. The van der Waals surface area contributed by atoms with Crippen molar-refractivity contribution in [1.29, 1.82) is 5.26 Å². The number of ether oxygens (including phenoxy) is 1. The van der Waals surface area contributed by atoms with Crippen molar-refractivity contribution in [3.05, 3.63) is 57.3 Å². The monoisotopic (exact) mass is 310 g/mol. The lowest BCUT2D eigenvalue weighted by Gasteiger charge is -2.11. The van der Waals surface area contributed by atoms with Gasteiger partial charge in [-0.15, -0.1) is 11.3 Å². The molecule has 1 aromatic heterocycles. The number of fused-ring (bicyclic) bond motifs is 2. The lowest BCUT2D eigenvalue weighted by atomic mass is 9.99. The zero-order valence-electron chi connectivity index (χ0n) is 12.8. The summed E-state index contributed by atoms with van der Waals surface area (Å²) in [6.07, 6.45) is 3.24. The highest BCUT2D eigenvalue weighted by molar-refractivity contribution is 7.11. The van der Waals surface area contributed by atoms with Crippen molar-refractivity contribution < 1.29 is 4.74 Å². The maximum atomic E-state index is 9.19. The van der Waals surface area contributed by atoms with E-state index in [4.69, 9.17) is 4.74 Å². The van der Waals surface area contributed by atoms with Crippen molar-refractivity contribution in [1.82, 2.24) is 4.90 Å². The van der Waals surface area contributed by atoms with E-state index in [0.717, 1.165) is 24.3 Å². The number of nitrogens with zero attached hydrogens (tertiary/aromatic N) is 2. The molecule has 0 bridgehead atoms. The van der Waals surface area contributed by atoms with Gasteiger partial charge in [0, 0.05) is 22.5 Å². The first kappa shape index (κ1) is 14.8. The Hall–Kier alpha value is -2.09. The van der Waals surface area contributed by atoms with Crippen LogP contribution in [0.25, 0.3) is 5.57 Å². The Morgan fingerprint density at radius 1 is 1.36 bits per heavy atom. The van der Waals surface area contributed by atoms with E-state index >= 15 is 0 Å². The molecule has 22 heavy (non-hydrogen) atoms. The van der Waals surface area contributed by atoms with Gasteiger partial charge in [-0.2, -0.15) is 5.26 Å². The highest BCUT2D eigenvalue weighted by atomic mass is 32.1. The Kier molecular flexibility index (Phi) is 4.28. The van der Waals surface area contributed by atoms with E-state index in [9.17, 15) is 5.26 Å². The summed E-state index contributed by atoms with van der Waals surface area (Å²) in [5.41, 5.74) is 4.10. The van der Waals surface area contributed by atoms with Crippen molar-refractivity contribution >= 4 is 16.9 Å². The highest BCUT2D eigenvalue weighted by Gasteiger charge is 2.20. The highest BCUT2D eigenvalue weighted by Crippen LogP contribution is 2.39. The smallest absolute Gasteiger partial charge is 0.127 e. The maximum absolute atomic E-state index is 9.19. The van der Waals surface area contributed by atoms with E-state index < -0.39 is 0 Å². The van der Waals surface area contributed by atoms with E-state index in [-0.39, 0.29) is 0 Å². The third kappa shape index (κ3) is 2.92. The first-order chi connectivity index (χ1) is 10.7. The molecule has 3 nitrogen and oxygen atoms in total. The Morgan fingerprint density at radius 2 is 2.23 bits per heavy atom. The predicted octanol–water partition coefficient (Wildman–Crippen LogP) is 3.90. The van der Waals surface area contributed by atoms with Gasteiger partial charge in [-0.25, -0.2) is 0 Å². The van der Waals surface area contributed by atoms with Gasteiger partial charge in [0.2, 0.25) is 0 Å². The van der Waals surface area contributed by atoms with E-state index in [0.29, 0.717) is 12.2 Å². The molecule has 1 aromatic carbocycles. The quantitative estimate of drug-likeness (QED) is 0.863. The topological polar surface area (TPSA) is 36.3 Å². The van der Waals surface area contributed by atoms with Crippen LogP contribution in [0.4, 0.5) is 0 Å². The fourth-order valence-corrected chi connectivity index (χ4v) is 3.54. The normalized spacial score (nSPS) is 14.9. The van der Waals surface area contributed by atoms with Gasteiger partial charge in [-0.3, -0.25) is 0 Å². The lowest BCUT2D eigenvalue weighted by Crippen LogP contribution is -2.12. The molecule has 0 spiro atoms. The molecule has 0 saturated heterocycles. The molecule has 0 amide bonds. The molecule has 0 N–H and O–H groups in total. The molecule has 2 heterocycles. The first-order valence-electron chi connectivity index (χ1n) is 7.28. The van der Waals surface area contributed by atoms with Gasteiger partial charge >= 0.3 is 0 Å². The van der Waals surface area contributed by atoms with Crippen LogP contribution in [0.3, 0.4) is 0 Å². The van der Waals surface area contributed by atoms with Gasteiger partial charge in [-0.1, -0.05) is 6.08 Å². The first-order valence-corrected chi connectivity index (χ1v) is 8.16. The SMILES string of the molecule is CN(C)CC/C=C1\c2cc(C#N)ccc2OCc2ccsc21. The summed E-state index contributed by atoms with van der Waals surface area (Å²) in [4.78, 5) is 3.43. The van der Waals surface area contributed by atoms with Gasteiger partial charge < -0.3 is 9.64 Å². The molecule has 0 saturated carbocycles. The number of benzene rings is 1. The minimum absolute atomic E-state index is 0.586. The predicted molar refractivity (Wildman–Crippen MR) is 90.1 cm³/mol. The summed E-state index contributed by atoms with van der Waals surface area (Å²) < 4.78 is 5.94. The molecule has 0 fully saturated rings. The molecular weight excluding hydrogens is 292 g/mol. The second kappa shape index (κ2) is 6.35. The number of hydrogen-bond acceptors (Lipinski definition) is 4. The van der Waals surface area contributed by atoms with Crippen LogP contribution in [0.15, 0.2) is 35.7 Å². The van der Waals surface area contributed by atoms with Crippen molar-refractivity contribution in [2.45, 2.75) is 13.0 Å².